The molecule has 0 atom stereocenters. The van der Waals surface area contributed by atoms with Crippen molar-refractivity contribution in [1.29, 1.82) is 5.26 Å². The van der Waals surface area contributed by atoms with Crippen molar-refractivity contribution in [3.8, 4) is 17.5 Å². The molecule has 2 N–H and O–H groups in total. The van der Waals surface area contributed by atoms with Gasteiger partial charge in [0.1, 0.15) is 0 Å². The van der Waals surface area contributed by atoms with Crippen molar-refractivity contribution in [2.45, 2.75) is 13.3 Å². The maximum absolute atomic E-state index is 11.8. The largest absolute Gasteiger partial charge is 0.478 e. The van der Waals surface area contributed by atoms with E-state index in [-0.39, 0.29) is 5.56 Å². The van der Waals surface area contributed by atoms with Gasteiger partial charge in [-0.15, -0.1) is 0 Å². The molecular formula is C21H18N4O2S. The highest BCUT2D eigenvalue weighted by atomic mass is 32.2. The van der Waals surface area contributed by atoms with Crippen LogP contribution >= 0.6 is 11.8 Å². The summed E-state index contributed by atoms with van der Waals surface area (Å²) in [6.07, 6.45) is 4.51. The highest BCUT2D eigenvalue weighted by Gasteiger charge is 2.13. The van der Waals surface area contributed by atoms with Crippen molar-refractivity contribution in [3.63, 3.8) is 0 Å². The fraction of sp³-hybridized carbons (Fsp3) is 0.143. The molecular weight excluding hydrogens is 372 g/mol. The Hall–Kier alpha value is -3.37. The maximum atomic E-state index is 11.8. The van der Waals surface area contributed by atoms with Crippen LogP contribution < -0.4 is 5.32 Å². The van der Waals surface area contributed by atoms with Crippen molar-refractivity contribution in [2.75, 3.05) is 6.26 Å². The summed E-state index contributed by atoms with van der Waals surface area (Å²) < 4.78 is 0. The van der Waals surface area contributed by atoms with E-state index in [0.29, 0.717) is 27.5 Å². The van der Waals surface area contributed by atoms with Crippen LogP contribution in [0.15, 0.2) is 53.5 Å². The zero-order chi connectivity index (χ0) is 20.1. The number of carboxylic acids is 1. The second-order valence-electron chi connectivity index (χ2n) is 5.97. The normalized spacial score (nSPS) is 11.2. The van der Waals surface area contributed by atoms with Crippen molar-refractivity contribution in [3.05, 3.63) is 59.7 Å². The first-order valence-electron chi connectivity index (χ1n) is 8.61. The number of nitrogens with one attached hydrogen (secondary N) is 1. The Morgan fingerprint density at radius 2 is 2.00 bits per heavy atom. The summed E-state index contributed by atoms with van der Waals surface area (Å²) in [5, 5.41) is 22.0. The van der Waals surface area contributed by atoms with Gasteiger partial charge in [0.2, 0.25) is 0 Å². The summed E-state index contributed by atoms with van der Waals surface area (Å²) in [5.41, 5.74) is 4.02. The summed E-state index contributed by atoms with van der Waals surface area (Å²) in [7, 11) is 0. The summed E-state index contributed by atoms with van der Waals surface area (Å²) in [6.45, 7) is 2.03. The second-order valence-corrected chi connectivity index (χ2v) is 6.76. The number of amidine groups is 1. The first kappa shape index (κ1) is 19.4. The van der Waals surface area contributed by atoms with Crippen molar-refractivity contribution < 1.29 is 9.90 Å². The average molecular weight is 390 g/mol. The van der Waals surface area contributed by atoms with Crippen molar-refractivity contribution in [1.82, 2.24) is 10.3 Å². The van der Waals surface area contributed by atoms with Gasteiger partial charge in [-0.25, -0.2) is 14.8 Å². The second kappa shape index (κ2) is 8.55. The lowest BCUT2D eigenvalue weighted by Crippen LogP contribution is -2.12. The summed E-state index contributed by atoms with van der Waals surface area (Å²) in [4.78, 5) is 20.8. The quantitative estimate of drug-likeness (QED) is 0.293. The number of benzene rings is 2. The van der Waals surface area contributed by atoms with Gasteiger partial charge < -0.3 is 5.11 Å². The number of nitrogens with zero attached hydrogens (tertiary/aromatic N) is 3. The molecule has 0 bridgehead atoms. The van der Waals surface area contributed by atoms with Gasteiger partial charge in [-0.1, -0.05) is 36.9 Å². The highest BCUT2D eigenvalue weighted by Crippen LogP contribution is 2.27. The van der Waals surface area contributed by atoms with Gasteiger partial charge >= 0.3 is 5.97 Å². The van der Waals surface area contributed by atoms with E-state index in [1.165, 1.54) is 11.8 Å². The molecule has 2 aromatic carbocycles. The van der Waals surface area contributed by atoms with Gasteiger partial charge in [0, 0.05) is 10.9 Å². The monoisotopic (exact) mass is 390 g/mol. The lowest BCUT2D eigenvalue weighted by molar-refractivity contribution is 0.0699. The number of carboxylic acid groups (broad SMARTS) is 1. The molecule has 1 heterocycles. The van der Waals surface area contributed by atoms with Crippen LogP contribution in [0.2, 0.25) is 0 Å². The fourth-order valence-electron chi connectivity index (χ4n) is 2.81. The smallest absolute Gasteiger partial charge is 0.336 e. The van der Waals surface area contributed by atoms with E-state index in [0.717, 1.165) is 17.5 Å². The third-order valence-corrected chi connectivity index (χ3v) is 4.84. The van der Waals surface area contributed by atoms with E-state index in [1.807, 2.05) is 49.7 Å². The number of fused-ring (bicyclic) bond motifs is 1. The predicted octanol–water partition coefficient (Wildman–Crippen LogP) is 4.58. The molecule has 0 aliphatic carbocycles. The van der Waals surface area contributed by atoms with Crippen LogP contribution in [0, 0.1) is 11.5 Å². The Morgan fingerprint density at radius 1 is 1.25 bits per heavy atom. The molecule has 1 aromatic heterocycles. The van der Waals surface area contributed by atoms with Crippen LogP contribution in [0.25, 0.3) is 22.2 Å². The minimum atomic E-state index is -0.977. The molecule has 140 valence electrons. The number of aromatic carboxylic acids is 1. The summed E-state index contributed by atoms with van der Waals surface area (Å²) in [5.74, 6) is -0.977. The van der Waals surface area contributed by atoms with Crippen LogP contribution in [0.1, 0.15) is 22.8 Å². The van der Waals surface area contributed by atoms with Crippen LogP contribution in [0.4, 0.5) is 5.69 Å². The summed E-state index contributed by atoms with van der Waals surface area (Å²) in [6, 6.07) is 14.6. The molecule has 0 aliphatic rings. The Morgan fingerprint density at radius 3 is 2.61 bits per heavy atom. The van der Waals surface area contributed by atoms with E-state index in [4.69, 9.17) is 5.26 Å². The topological polar surface area (TPSA) is 98.4 Å². The third-order valence-electron chi connectivity index (χ3n) is 4.26. The van der Waals surface area contributed by atoms with Gasteiger partial charge in [-0.3, -0.25) is 5.32 Å². The molecule has 3 aromatic rings. The minimum Gasteiger partial charge on any atom is -0.478 e. The SMILES string of the molecule is CCc1ccc2nc(-c3ccc(N=C(NC#N)SC)cc3)cc(C(=O)O)c2c1. The molecule has 0 radical (unpaired) electrons. The number of aromatic nitrogens is 1. The lowest BCUT2D eigenvalue weighted by atomic mass is 10.0. The summed E-state index contributed by atoms with van der Waals surface area (Å²) >= 11 is 1.34. The van der Waals surface area contributed by atoms with Crippen LogP contribution in [-0.4, -0.2) is 27.5 Å². The molecule has 0 saturated heterocycles. The average Bonchev–Trinajstić information content (AvgIpc) is 2.72. The Bertz CT molecular complexity index is 1100. The van der Waals surface area contributed by atoms with Gasteiger partial charge in [-0.2, -0.15) is 5.26 Å². The molecule has 6 nitrogen and oxygen atoms in total. The predicted molar refractivity (Wildman–Crippen MR) is 113 cm³/mol. The first-order valence-corrected chi connectivity index (χ1v) is 9.83. The van der Waals surface area contributed by atoms with Crippen LogP contribution in [0.3, 0.4) is 0 Å². The van der Waals surface area contributed by atoms with Gasteiger partial charge in [-0.05, 0) is 48.6 Å². The lowest BCUT2D eigenvalue weighted by Gasteiger charge is -2.09. The number of nitriles is 1. The molecule has 0 fully saturated rings. The van der Waals surface area contributed by atoms with E-state index in [2.05, 4.69) is 15.3 Å². The number of pyridine rings is 1. The molecule has 28 heavy (non-hydrogen) atoms. The number of hydrogen-bond acceptors (Lipinski definition) is 5. The number of rotatable bonds is 4. The number of aryl methyl sites for hydroxylation is 1. The molecule has 3 rings (SSSR count). The molecule has 0 amide bonds. The highest BCUT2D eigenvalue weighted by molar-refractivity contribution is 8.13. The van der Waals surface area contributed by atoms with Crippen molar-refractivity contribution in [2.24, 2.45) is 4.99 Å². The van der Waals surface area contributed by atoms with E-state index in [9.17, 15) is 9.90 Å². The number of carbonyl (C=O) groups is 1. The molecule has 7 heteroatoms. The fourth-order valence-corrected chi connectivity index (χ4v) is 3.16. The molecule has 0 unspecified atom stereocenters. The van der Waals surface area contributed by atoms with E-state index in [1.54, 1.807) is 18.2 Å². The number of aliphatic imine (C=N–C) groups is 1. The zero-order valence-electron chi connectivity index (χ0n) is 15.4. The molecule has 0 aliphatic heterocycles. The Labute approximate surface area is 166 Å². The zero-order valence-corrected chi connectivity index (χ0v) is 16.2. The molecule has 0 saturated carbocycles. The maximum Gasteiger partial charge on any atom is 0.336 e. The number of thioether (sulfide) groups is 1. The Kier molecular flexibility index (Phi) is 5.92. The Balaban J connectivity index is 2.04. The van der Waals surface area contributed by atoms with E-state index < -0.39 is 5.97 Å². The van der Waals surface area contributed by atoms with Gasteiger partial charge in [0.15, 0.2) is 11.4 Å². The standard InChI is InChI=1S/C21H18N4O2S/c1-3-13-4-9-18-16(10-13)17(20(26)27)11-19(25-18)14-5-7-15(8-6-14)24-21(28-2)23-12-22/h4-11H,3H2,1-2H3,(H,23,24)(H,26,27). The minimum absolute atomic E-state index is 0.236. The first-order chi connectivity index (χ1) is 13.5. The molecule has 0 spiro atoms. The van der Waals surface area contributed by atoms with Crippen LogP contribution in [-0.2, 0) is 6.42 Å². The third kappa shape index (κ3) is 4.13. The number of hydrogen-bond donors (Lipinski definition) is 2. The van der Waals surface area contributed by atoms with Crippen LogP contribution in [0.5, 0.6) is 0 Å². The van der Waals surface area contributed by atoms with Gasteiger partial charge in [0.05, 0.1) is 22.5 Å². The van der Waals surface area contributed by atoms with Gasteiger partial charge in [0.25, 0.3) is 0 Å². The van der Waals surface area contributed by atoms with Crippen molar-refractivity contribution >= 4 is 39.5 Å². The van der Waals surface area contributed by atoms with E-state index >= 15 is 0 Å².